The van der Waals surface area contributed by atoms with Crippen LogP contribution in [-0.2, 0) is 0 Å². The van der Waals surface area contributed by atoms with Gasteiger partial charge in [-0.25, -0.2) is 4.98 Å². The lowest BCUT2D eigenvalue weighted by Crippen LogP contribution is -2.43. The molecule has 6 nitrogen and oxygen atoms in total. The highest BCUT2D eigenvalue weighted by molar-refractivity contribution is 7.09. The molecule has 7 heteroatoms. The lowest BCUT2D eigenvalue weighted by molar-refractivity contribution is 0.0750. The van der Waals surface area contributed by atoms with Gasteiger partial charge in [0.2, 0.25) is 0 Å². The first kappa shape index (κ1) is 21.1. The summed E-state index contributed by atoms with van der Waals surface area (Å²) in [4.78, 5) is 19.5. The number of likely N-dealkylation sites (tertiary alicyclic amines) is 1. The molecule has 1 atom stereocenters. The number of amides is 1. The third-order valence-corrected chi connectivity index (χ3v) is 7.16. The number of ether oxygens (including phenoxy) is 2. The molecule has 0 bridgehead atoms. The van der Waals surface area contributed by atoms with Gasteiger partial charge in [-0.1, -0.05) is 12.8 Å². The topological polar surface area (TPSA) is 63.7 Å². The van der Waals surface area contributed by atoms with Crippen LogP contribution in [0.2, 0.25) is 0 Å². The summed E-state index contributed by atoms with van der Waals surface area (Å²) in [6, 6.07) is 6.06. The van der Waals surface area contributed by atoms with Crippen LogP contribution in [0.1, 0.15) is 66.9 Å². The first-order valence-corrected chi connectivity index (χ1v) is 11.8. The van der Waals surface area contributed by atoms with Crippen LogP contribution in [0.3, 0.4) is 0 Å². The number of thiazole rings is 1. The van der Waals surface area contributed by atoms with E-state index < -0.39 is 0 Å². The Balaban J connectivity index is 1.35. The van der Waals surface area contributed by atoms with Crippen molar-refractivity contribution in [2.24, 2.45) is 0 Å². The first-order chi connectivity index (χ1) is 14.6. The van der Waals surface area contributed by atoms with Crippen molar-refractivity contribution in [3.05, 3.63) is 40.3 Å². The summed E-state index contributed by atoms with van der Waals surface area (Å²) in [7, 11) is 1.62. The van der Waals surface area contributed by atoms with Crippen molar-refractivity contribution in [3.63, 3.8) is 0 Å². The van der Waals surface area contributed by atoms with Gasteiger partial charge in [0, 0.05) is 36.3 Å². The number of nitrogens with zero attached hydrogens (tertiary/aromatic N) is 2. The Labute approximate surface area is 182 Å². The molecule has 162 valence electrons. The van der Waals surface area contributed by atoms with E-state index in [1.807, 2.05) is 18.4 Å². The van der Waals surface area contributed by atoms with Gasteiger partial charge >= 0.3 is 0 Å². The predicted molar refractivity (Wildman–Crippen MR) is 118 cm³/mol. The van der Waals surface area contributed by atoms with Gasteiger partial charge in [-0.15, -0.1) is 11.3 Å². The fourth-order valence-electron chi connectivity index (χ4n) is 4.50. The number of rotatable bonds is 7. The molecule has 1 saturated carbocycles. The Morgan fingerprint density at radius 2 is 1.97 bits per heavy atom. The van der Waals surface area contributed by atoms with E-state index in [9.17, 15) is 4.79 Å². The Morgan fingerprint density at radius 3 is 2.63 bits per heavy atom. The molecule has 2 aliphatic rings. The van der Waals surface area contributed by atoms with E-state index in [4.69, 9.17) is 9.47 Å². The van der Waals surface area contributed by atoms with Gasteiger partial charge < -0.3 is 19.7 Å². The Hall–Kier alpha value is -2.12. The first-order valence-electron chi connectivity index (χ1n) is 10.9. The highest BCUT2D eigenvalue weighted by Gasteiger charge is 2.28. The molecule has 1 aliphatic heterocycles. The van der Waals surface area contributed by atoms with Crippen LogP contribution in [0, 0.1) is 0 Å². The van der Waals surface area contributed by atoms with E-state index in [1.54, 1.807) is 25.4 Å². The van der Waals surface area contributed by atoms with E-state index in [1.165, 1.54) is 37.0 Å². The maximum atomic E-state index is 12.6. The minimum Gasteiger partial charge on any atom is -0.493 e. The molecule has 1 aliphatic carbocycles. The van der Waals surface area contributed by atoms with E-state index in [0.29, 0.717) is 17.1 Å². The van der Waals surface area contributed by atoms with Crippen LogP contribution in [-0.4, -0.2) is 48.1 Å². The SMILES string of the molecule is COc1cc(C(=O)N[C@H](C)c2nccs2)ccc1OC1CCN(C2CCCC2)CC1. The van der Waals surface area contributed by atoms with Gasteiger partial charge in [0.1, 0.15) is 11.1 Å². The monoisotopic (exact) mass is 429 g/mol. The fourth-order valence-corrected chi connectivity index (χ4v) is 5.15. The molecule has 1 N–H and O–H groups in total. The summed E-state index contributed by atoms with van der Waals surface area (Å²) in [5.74, 6) is 1.16. The van der Waals surface area contributed by atoms with Crippen molar-refractivity contribution >= 4 is 17.2 Å². The fraction of sp³-hybridized carbons (Fsp3) is 0.565. The Bertz CT molecular complexity index is 828. The second-order valence-electron chi connectivity index (χ2n) is 8.22. The molecule has 0 unspecified atom stereocenters. The molecule has 4 rings (SSSR count). The highest BCUT2D eigenvalue weighted by Crippen LogP contribution is 2.32. The summed E-state index contributed by atoms with van der Waals surface area (Å²) >= 11 is 1.53. The number of carbonyl (C=O) groups is 1. The molecule has 1 amide bonds. The maximum absolute atomic E-state index is 12.6. The number of nitrogens with one attached hydrogen (secondary N) is 1. The van der Waals surface area contributed by atoms with Gasteiger partial charge in [0.05, 0.1) is 13.2 Å². The zero-order valence-corrected chi connectivity index (χ0v) is 18.6. The molecule has 2 aromatic rings. The minimum absolute atomic E-state index is 0.135. The summed E-state index contributed by atoms with van der Waals surface area (Å²) in [5.41, 5.74) is 0.554. The molecule has 30 heavy (non-hydrogen) atoms. The predicted octanol–water partition coefficient (Wildman–Crippen LogP) is 4.43. The highest BCUT2D eigenvalue weighted by atomic mass is 32.1. The molecule has 1 aromatic heterocycles. The molecule has 1 aromatic carbocycles. The molecule has 1 saturated heterocycles. The molecule has 0 spiro atoms. The maximum Gasteiger partial charge on any atom is 0.251 e. The zero-order chi connectivity index (χ0) is 20.9. The van der Waals surface area contributed by atoms with Crippen LogP contribution < -0.4 is 14.8 Å². The van der Waals surface area contributed by atoms with E-state index in [0.717, 1.165) is 37.0 Å². The largest absolute Gasteiger partial charge is 0.493 e. The third kappa shape index (κ3) is 4.95. The minimum atomic E-state index is -0.146. The van der Waals surface area contributed by atoms with Crippen LogP contribution in [0.25, 0.3) is 0 Å². The van der Waals surface area contributed by atoms with E-state index in [2.05, 4.69) is 15.2 Å². The quantitative estimate of drug-likeness (QED) is 0.705. The van der Waals surface area contributed by atoms with Gasteiger partial charge in [-0.05, 0) is 50.8 Å². The van der Waals surface area contributed by atoms with Crippen molar-refractivity contribution in [2.45, 2.75) is 63.6 Å². The summed E-state index contributed by atoms with van der Waals surface area (Å²) in [6.07, 6.45) is 9.47. The van der Waals surface area contributed by atoms with Crippen LogP contribution >= 0.6 is 11.3 Å². The number of aromatic nitrogens is 1. The van der Waals surface area contributed by atoms with E-state index >= 15 is 0 Å². The molecular formula is C23H31N3O3S. The molecular weight excluding hydrogens is 398 g/mol. The van der Waals surface area contributed by atoms with Gasteiger partial charge in [-0.2, -0.15) is 0 Å². The van der Waals surface area contributed by atoms with E-state index in [-0.39, 0.29) is 18.1 Å². The van der Waals surface area contributed by atoms with Crippen molar-refractivity contribution in [3.8, 4) is 11.5 Å². The number of carbonyl (C=O) groups excluding carboxylic acids is 1. The van der Waals surface area contributed by atoms with Crippen LogP contribution in [0.5, 0.6) is 11.5 Å². The lowest BCUT2D eigenvalue weighted by atomic mass is 10.0. The van der Waals surface area contributed by atoms with Crippen LogP contribution in [0.15, 0.2) is 29.8 Å². The normalized spacial score (nSPS) is 19.5. The summed E-state index contributed by atoms with van der Waals surface area (Å²) in [6.45, 7) is 4.14. The number of benzene rings is 1. The number of methoxy groups -OCH3 is 1. The lowest BCUT2D eigenvalue weighted by Gasteiger charge is -2.36. The molecule has 0 radical (unpaired) electrons. The van der Waals surface area contributed by atoms with Gasteiger partial charge in [0.15, 0.2) is 11.5 Å². The molecule has 2 heterocycles. The standard InChI is InChI=1S/C23H31N3O3S/c1-16(23-24-11-14-30-23)25-22(27)17-7-8-20(21(15-17)28-2)29-19-9-12-26(13-10-19)18-5-3-4-6-18/h7-8,11,14-16,18-19H,3-6,9-10,12-13H2,1-2H3,(H,25,27)/t16-/m1/s1. The van der Waals surface area contributed by atoms with Crippen molar-refractivity contribution < 1.29 is 14.3 Å². The van der Waals surface area contributed by atoms with Crippen molar-refractivity contribution in [1.29, 1.82) is 0 Å². The van der Waals surface area contributed by atoms with Crippen molar-refractivity contribution in [1.82, 2.24) is 15.2 Å². The summed E-state index contributed by atoms with van der Waals surface area (Å²) in [5, 5.41) is 5.79. The second kappa shape index (κ2) is 9.79. The number of piperidine rings is 1. The number of hydrogen-bond acceptors (Lipinski definition) is 6. The van der Waals surface area contributed by atoms with Gasteiger partial charge in [-0.3, -0.25) is 4.79 Å². The Morgan fingerprint density at radius 1 is 1.20 bits per heavy atom. The smallest absolute Gasteiger partial charge is 0.251 e. The van der Waals surface area contributed by atoms with Crippen LogP contribution in [0.4, 0.5) is 0 Å². The Kier molecular flexibility index (Phi) is 6.89. The second-order valence-corrected chi connectivity index (χ2v) is 9.15. The molecule has 2 fully saturated rings. The average molecular weight is 430 g/mol. The average Bonchev–Trinajstić information content (AvgIpc) is 3.49. The zero-order valence-electron chi connectivity index (χ0n) is 17.8. The van der Waals surface area contributed by atoms with Gasteiger partial charge in [0.25, 0.3) is 5.91 Å². The van der Waals surface area contributed by atoms with Crippen molar-refractivity contribution in [2.75, 3.05) is 20.2 Å². The number of hydrogen-bond donors (Lipinski definition) is 1. The summed E-state index contributed by atoms with van der Waals surface area (Å²) < 4.78 is 11.8. The third-order valence-electron chi connectivity index (χ3n) is 6.21.